The summed E-state index contributed by atoms with van der Waals surface area (Å²) in [6, 6.07) is 12.9. The van der Waals surface area contributed by atoms with Gasteiger partial charge < -0.3 is 30.1 Å². The summed E-state index contributed by atoms with van der Waals surface area (Å²) in [4.78, 5) is 36.5. The number of nitrogens with one attached hydrogen (secondary N) is 2. The van der Waals surface area contributed by atoms with E-state index < -0.39 is 24.6 Å². The van der Waals surface area contributed by atoms with Gasteiger partial charge in [0.2, 0.25) is 5.60 Å². The summed E-state index contributed by atoms with van der Waals surface area (Å²) in [5.41, 5.74) is 1.19. The number of amides is 2. The van der Waals surface area contributed by atoms with Crippen LogP contribution < -0.4 is 10.6 Å². The van der Waals surface area contributed by atoms with Gasteiger partial charge in [0.05, 0.1) is 23.8 Å². The topological polar surface area (TPSA) is 138 Å². The van der Waals surface area contributed by atoms with Gasteiger partial charge in [0.1, 0.15) is 5.65 Å². The first-order valence-electron chi connectivity index (χ1n) is 12.3. The van der Waals surface area contributed by atoms with Crippen molar-refractivity contribution in [1.82, 2.24) is 20.2 Å². The van der Waals surface area contributed by atoms with Crippen LogP contribution >= 0.6 is 0 Å². The smallest absolute Gasteiger partial charge is 0.426 e. The molecule has 0 saturated carbocycles. The summed E-state index contributed by atoms with van der Waals surface area (Å²) >= 11 is 0. The molecule has 3 heterocycles. The van der Waals surface area contributed by atoms with E-state index in [1.54, 1.807) is 12.3 Å². The van der Waals surface area contributed by atoms with Crippen LogP contribution in [-0.4, -0.2) is 62.3 Å². The van der Waals surface area contributed by atoms with Crippen molar-refractivity contribution in [3.8, 4) is 0 Å². The zero-order valence-corrected chi connectivity index (χ0v) is 21.2. The molecule has 0 aliphatic carbocycles. The molecular weight excluding hydrogens is 473 g/mol. The molecule has 194 valence electrons. The van der Waals surface area contributed by atoms with E-state index in [4.69, 9.17) is 4.84 Å². The van der Waals surface area contributed by atoms with Gasteiger partial charge in [-0.3, -0.25) is 9.59 Å². The van der Waals surface area contributed by atoms with Crippen molar-refractivity contribution < 1.29 is 24.5 Å². The first-order chi connectivity index (χ1) is 17.7. The molecule has 2 atom stereocenters. The Morgan fingerprint density at radius 3 is 2.65 bits per heavy atom. The van der Waals surface area contributed by atoms with Crippen LogP contribution in [0, 0.1) is 5.92 Å². The van der Waals surface area contributed by atoms with Crippen LogP contribution in [-0.2, 0) is 23.1 Å². The lowest BCUT2D eigenvalue weighted by atomic mass is 9.74. The van der Waals surface area contributed by atoms with Gasteiger partial charge >= 0.3 is 7.12 Å². The second-order valence-corrected chi connectivity index (χ2v) is 9.91. The molecule has 0 spiro atoms. The molecule has 10 nitrogen and oxygen atoms in total. The number of carbonyl (C=O) groups is 2. The third-order valence-electron chi connectivity index (χ3n) is 6.45. The van der Waals surface area contributed by atoms with Crippen molar-refractivity contribution in [3.05, 3.63) is 66.0 Å². The van der Waals surface area contributed by atoms with E-state index in [0.717, 1.165) is 10.9 Å². The van der Waals surface area contributed by atoms with E-state index in [2.05, 4.69) is 20.8 Å². The number of carbonyl (C=O) groups excluding carboxylic acids is 2. The maximum atomic E-state index is 13.5. The molecule has 2 unspecified atom stereocenters. The van der Waals surface area contributed by atoms with Gasteiger partial charge in [0.25, 0.3) is 11.8 Å². The number of benzene rings is 1. The normalized spacial score (nSPS) is 17.8. The average Bonchev–Trinajstić information content (AvgIpc) is 3.46. The van der Waals surface area contributed by atoms with E-state index in [1.807, 2.05) is 68.1 Å². The van der Waals surface area contributed by atoms with E-state index in [1.165, 1.54) is 0 Å². The second kappa shape index (κ2) is 11.1. The number of oxime groups is 1. The Kier molecular flexibility index (Phi) is 7.94. The van der Waals surface area contributed by atoms with Gasteiger partial charge in [0, 0.05) is 37.7 Å². The van der Waals surface area contributed by atoms with Gasteiger partial charge in [-0.1, -0.05) is 49.3 Å². The fourth-order valence-corrected chi connectivity index (χ4v) is 4.57. The highest BCUT2D eigenvalue weighted by Gasteiger charge is 2.48. The number of aromatic nitrogens is 2. The number of aryl methyl sites for hydroxylation is 1. The van der Waals surface area contributed by atoms with Crippen molar-refractivity contribution in [2.75, 3.05) is 6.54 Å². The zero-order chi connectivity index (χ0) is 26.6. The number of hydrogen-bond acceptors (Lipinski definition) is 7. The minimum atomic E-state index is -1.71. The van der Waals surface area contributed by atoms with E-state index in [9.17, 15) is 19.6 Å². The fourth-order valence-electron chi connectivity index (χ4n) is 4.57. The lowest BCUT2D eigenvalue weighted by Crippen LogP contribution is -2.56. The molecule has 4 N–H and O–H groups in total. The summed E-state index contributed by atoms with van der Waals surface area (Å²) < 4.78 is 1.84. The van der Waals surface area contributed by atoms with Gasteiger partial charge in [-0.05, 0) is 30.0 Å². The van der Waals surface area contributed by atoms with E-state index >= 15 is 0 Å². The van der Waals surface area contributed by atoms with Crippen LogP contribution in [0.2, 0.25) is 0 Å². The first kappa shape index (κ1) is 26.4. The largest absolute Gasteiger partial charge is 0.475 e. The van der Waals surface area contributed by atoms with Crippen LogP contribution in [0.4, 0.5) is 0 Å². The molecule has 0 bridgehead atoms. The van der Waals surface area contributed by atoms with Crippen LogP contribution in [0.25, 0.3) is 11.0 Å². The Balaban J connectivity index is 1.48. The molecule has 0 fully saturated rings. The molecule has 4 rings (SSSR count). The summed E-state index contributed by atoms with van der Waals surface area (Å²) in [6.07, 6.45) is 4.18. The Morgan fingerprint density at radius 1 is 1.19 bits per heavy atom. The predicted octanol–water partition coefficient (Wildman–Crippen LogP) is 1.60. The minimum absolute atomic E-state index is 0.0946. The molecule has 11 heteroatoms. The predicted molar refractivity (Wildman–Crippen MR) is 141 cm³/mol. The monoisotopic (exact) mass is 505 g/mol. The quantitative estimate of drug-likeness (QED) is 0.309. The SMILES string of the molecule is CC(C)CC(NC(=O)C1(Cc2ccccc2)CC(CNC(=O)c2ccnc3c2ccn3C)=NO1)B(O)O. The maximum Gasteiger partial charge on any atom is 0.475 e. The molecule has 2 amide bonds. The van der Waals surface area contributed by atoms with Crippen molar-refractivity contribution in [1.29, 1.82) is 0 Å². The van der Waals surface area contributed by atoms with Crippen LogP contribution in [0.5, 0.6) is 0 Å². The number of hydrogen-bond donors (Lipinski definition) is 4. The molecule has 2 aromatic heterocycles. The molecule has 3 aromatic rings. The molecule has 1 aliphatic rings. The standard InChI is InChI=1S/C26H32BN5O5/c1-17(2)13-22(27(35)36)30-25(34)26(14-18-7-5-4-6-8-18)15-19(31-37-26)16-29-24(33)21-9-11-28-23-20(21)10-12-32(23)3/h4-12,17,22,35-36H,13-16H2,1-3H3,(H,29,33)(H,30,34). The van der Waals surface area contributed by atoms with Crippen molar-refractivity contribution in [2.45, 2.75) is 44.7 Å². The molecule has 0 saturated heterocycles. The van der Waals surface area contributed by atoms with Crippen molar-refractivity contribution in [2.24, 2.45) is 18.1 Å². The average molecular weight is 505 g/mol. The second-order valence-electron chi connectivity index (χ2n) is 9.91. The van der Waals surface area contributed by atoms with Gasteiger partial charge in [-0.25, -0.2) is 4.98 Å². The third kappa shape index (κ3) is 6.00. The Bertz CT molecular complexity index is 1290. The number of rotatable bonds is 10. The molecular formula is C26H32BN5O5. The van der Waals surface area contributed by atoms with Crippen molar-refractivity contribution in [3.63, 3.8) is 0 Å². The highest BCUT2D eigenvalue weighted by atomic mass is 16.7. The summed E-state index contributed by atoms with van der Waals surface area (Å²) in [6.45, 7) is 3.96. The third-order valence-corrected chi connectivity index (χ3v) is 6.45. The maximum absolute atomic E-state index is 13.5. The lowest BCUT2D eigenvalue weighted by molar-refractivity contribution is -0.144. The van der Waals surface area contributed by atoms with Crippen LogP contribution in [0.3, 0.4) is 0 Å². The molecule has 0 radical (unpaired) electrons. The number of pyridine rings is 1. The van der Waals surface area contributed by atoms with Crippen LogP contribution in [0.1, 0.15) is 42.6 Å². The highest BCUT2D eigenvalue weighted by molar-refractivity contribution is 6.43. The van der Waals surface area contributed by atoms with Crippen molar-refractivity contribution >= 4 is 35.7 Å². The van der Waals surface area contributed by atoms with Gasteiger partial charge in [-0.2, -0.15) is 0 Å². The van der Waals surface area contributed by atoms with E-state index in [0.29, 0.717) is 23.3 Å². The Hall–Kier alpha value is -3.70. The highest BCUT2D eigenvalue weighted by Crippen LogP contribution is 2.29. The fraction of sp³-hybridized carbons (Fsp3) is 0.385. The van der Waals surface area contributed by atoms with Gasteiger partial charge in [-0.15, -0.1) is 0 Å². The Labute approximate surface area is 215 Å². The van der Waals surface area contributed by atoms with Crippen LogP contribution in [0.15, 0.2) is 60.0 Å². The summed E-state index contributed by atoms with van der Waals surface area (Å²) in [5.74, 6) is -1.49. The molecule has 37 heavy (non-hydrogen) atoms. The Morgan fingerprint density at radius 2 is 1.95 bits per heavy atom. The first-order valence-corrected chi connectivity index (χ1v) is 12.3. The molecule has 1 aromatic carbocycles. The summed E-state index contributed by atoms with van der Waals surface area (Å²) in [7, 11) is 0.150. The summed E-state index contributed by atoms with van der Waals surface area (Å²) in [5, 5.41) is 30.2. The number of nitrogens with zero attached hydrogens (tertiary/aromatic N) is 3. The van der Waals surface area contributed by atoms with E-state index in [-0.39, 0.29) is 31.2 Å². The number of fused-ring (bicyclic) bond motifs is 1. The molecule has 1 aliphatic heterocycles. The lowest BCUT2D eigenvalue weighted by Gasteiger charge is -2.29. The zero-order valence-electron chi connectivity index (χ0n) is 21.2. The minimum Gasteiger partial charge on any atom is -0.426 e. The van der Waals surface area contributed by atoms with Gasteiger partial charge in [0.15, 0.2) is 0 Å².